The molecule has 0 atom stereocenters. The average Bonchev–Trinajstić information content (AvgIpc) is 2.91. The highest BCUT2D eigenvalue weighted by molar-refractivity contribution is 5.76. The normalized spacial score (nSPS) is 11.2. The highest BCUT2D eigenvalue weighted by atomic mass is 16.3. The zero-order valence-electron chi connectivity index (χ0n) is 9.82. The van der Waals surface area contributed by atoms with E-state index in [0.717, 1.165) is 0 Å². The summed E-state index contributed by atoms with van der Waals surface area (Å²) in [6, 6.07) is 3.42. The van der Waals surface area contributed by atoms with Crippen LogP contribution in [0.25, 0.3) is 11.2 Å². The Morgan fingerprint density at radius 1 is 1.30 bits per heavy atom. The lowest BCUT2D eigenvalue weighted by atomic mass is 10.5. The molecule has 0 fully saturated rings. The van der Waals surface area contributed by atoms with Crippen LogP contribution in [0.4, 0.5) is 5.95 Å². The van der Waals surface area contributed by atoms with Gasteiger partial charge in [0.15, 0.2) is 11.2 Å². The van der Waals surface area contributed by atoms with Gasteiger partial charge in [-0.05, 0) is 12.1 Å². The third kappa shape index (κ3) is 2.29. The number of aromatic amines is 2. The molecule has 0 aliphatic rings. The molecule has 20 heavy (non-hydrogen) atoms. The van der Waals surface area contributed by atoms with Crippen LogP contribution in [0.5, 0.6) is 0 Å². The van der Waals surface area contributed by atoms with E-state index in [-0.39, 0.29) is 17.1 Å². The maximum Gasteiger partial charge on any atom is 0.327 e. The zero-order valence-corrected chi connectivity index (χ0v) is 9.82. The molecule has 0 radical (unpaired) electrons. The van der Waals surface area contributed by atoms with Crippen LogP contribution in [0, 0.1) is 0 Å². The van der Waals surface area contributed by atoms with Gasteiger partial charge in [0, 0.05) is 0 Å². The Balaban J connectivity index is 1.89. The molecule has 3 heterocycles. The van der Waals surface area contributed by atoms with Gasteiger partial charge in [-0.25, -0.2) is 10.2 Å². The fourth-order valence-corrected chi connectivity index (χ4v) is 1.43. The number of furan rings is 1. The molecule has 3 aromatic rings. The van der Waals surface area contributed by atoms with Crippen LogP contribution >= 0.6 is 0 Å². The van der Waals surface area contributed by atoms with E-state index in [9.17, 15) is 9.59 Å². The first kappa shape index (κ1) is 11.8. The van der Waals surface area contributed by atoms with E-state index in [4.69, 9.17) is 4.42 Å². The fourth-order valence-electron chi connectivity index (χ4n) is 1.43. The molecule has 0 unspecified atom stereocenters. The molecule has 0 aliphatic heterocycles. The standard InChI is InChI=1S/C10H7N7O3/c18-8-6-7(13-10(19)14-8)12-9(17-15-6)16-11-4-5-2-1-3-20-5/h1-4H,(H3,12,13,14,16,17,18,19). The second kappa shape index (κ2) is 4.76. The molecular formula is C10H7N7O3. The van der Waals surface area contributed by atoms with Gasteiger partial charge in [-0.2, -0.15) is 10.1 Å². The van der Waals surface area contributed by atoms with Crippen molar-refractivity contribution in [2.24, 2.45) is 5.10 Å². The topological polar surface area (TPSA) is 142 Å². The minimum atomic E-state index is -0.673. The van der Waals surface area contributed by atoms with Gasteiger partial charge in [-0.15, -0.1) is 10.2 Å². The molecule has 0 aromatic carbocycles. The number of hydrogen-bond acceptors (Lipinski definition) is 8. The highest BCUT2D eigenvalue weighted by Crippen LogP contribution is 2.01. The van der Waals surface area contributed by atoms with Crippen molar-refractivity contribution in [3.05, 3.63) is 45.0 Å². The Bertz CT molecular complexity index is 878. The van der Waals surface area contributed by atoms with E-state index in [0.29, 0.717) is 5.76 Å². The molecule has 0 saturated carbocycles. The molecule has 10 heteroatoms. The van der Waals surface area contributed by atoms with Crippen molar-refractivity contribution < 1.29 is 4.42 Å². The lowest BCUT2D eigenvalue weighted by molar-refractivity contribution is 0.560. The summed E-state index contributed by atoms with van der Waals surface area (Å²) in [4.78, 5) is 30.8. The quantitative estimate of drug-likeness (QED) is 0.428. The van der Waals surface area contributed by atoms with Gasteiger partial charge in [-0.3, -0.25) is 14.8 Å². The van der Waals surface area contributed by atoms with Gasteiger partial charge in [0.1, 0.15) is 5.76 Å². The van der Waals surface area contributed by atoms with Crippen molar-refractivity contribution in [3.63, 3.8) is 0 Å². The number of nitrogens with zero attached hydrogens (tertiary/aromatic N) is 4. The molecule has 0 amide bonds. The number of hydrazone groups is 1. The maximum absolute atomic E-state index is 11.4. The van der Waals surface area contributed by atoms with E-state index >= 15 is 0 Å². The Hall–Kier alpha value is -3.30. The minimum Gasteiger partial charge on any atom is -0.463 e. The number of fused-ring (bicyclic) bond motifs is 1. The maximum atomic E-state index is 11.4. The van der Waals surface area contributed by atoms with Crippen LogP contribution < -0.4 is 16.7 Å². The van der Waals surface area contributed by atoms with Gasteiger partial charge in [-0.1, -0.05) is 0 Å². The van der Waals surface area contributed by atoms with Crippen LogP contribution in [0.15, 0.2) is 37.5 Å². The number of H-pyrrole nitrogens is 2. The highest BCUT2D eigenvalue weighted by Gasteiger charge is 2.05. The Kier molecular flexibility index (Phi) is 2.80. The molecule has 3 rings (SSSR count). The molecule has 3 N–H and O–H groups in total. The number of anilines is 1. The average molecular weight is 273 g/mol. The van der Waals surface area contributed by atoms with Gasteiger partial charge >= 0.3 is 5.69 Å². The summed E-state index contributed by atoms with van der Waals surface area (Å²) in [5.41, 5.74) is 1.13. The lowest BCUT2D eigenvalue weighted by Gasteiger charge is -1.98. The van der Waals surface area contributed by atoms with Crippen molar-refractivity contribution >= 4 is 23.3 Å². The monoisotopic (exact) mass is 273 g/mol. The van der Waals surface area contributed by atoms with Crippen LogP contribution in [0.2, 0.25) is 0 Å². The largest absolute Gasteiger partial charge is 0.463 e. The Morgan fingerprint density at radius 3 is 3.00 bits per heavy atom. The molecular weight excluding hydrogens is 266 g/mol. The van der Waals surface area contributed by atoms with Crippen LogP contribution in [0.1, 0.15) is 5.76 Å². The third-order valence-electron chi connectivity index (χ3n) is 2.26. The SMILES string of the molecule is O=c1[nH]c(=O)c2nnc(NN=Cc3ccco3)nc2[nH]1. The van der Waals surface area contributed by atoms with Gasteiger partial charge in [0.05, 0.1) is 12.5 Å². The lowest BCUT2D eigenvalue weighted by Crippen LogP contribution is -2.23. The number of nitrogens with one attached hydrogen (secondary N) is 3. The number of hydrogen-bond donors (Lipinski definition) is 3. The predicted octanol–water partition coefficient (Wildman–Crippen LogP) is -0.560. The molecule has 10 nitrogen and oxygen atoms in total. The van der Waals surface area contributed by atoms with E-state index in [1.807, 2.05) is 4.98 Å². The van der Waals surface area contributed by atoms with Crippen molar-refractivity contribution in [1.29, 1.82) is 0 Å². The molecule has 0 spiro atoms. The van der Waals surface area contributed by atoms with Crippen LogP contribution in [-0.2, 0) is 0 Å². The molecule has 100 valence electrons. The number of aromatic nitrogens is 5. The van der Waals surface area contributed by atoms with Crippen LogP contribution in [-0.4, -0.2) is 31.4 Å². The molecule has 0 aliphatic carbocycles. The predicted molar refractivity (Wildman–Crippen MR) is 68.5 cm³/mol. The van der Waals surface area contributed by atoms with E-state index in [1.165, 1.54) is 12.5 Å². The minimum absolute atomic E-state index is 0.0180. The third-order valence-corrected chi connectivity index (χ3v) is 2.26. The first-order chi connectivity index (χ1) is 9.72. The van der Waals surface area contributed by atoms with Gasteiger partial charge < -0.3 is 4.42 Å². The van der Waals surface area contributed by atoms with Crippen LogP contribution in [0.3, 0.4) is 0 Å². The first-order valence-electron chi connectivity index (χ1n) is 5.42. The Labute approximate surface area is 109 Å². The second-order valence-corrected chi connectivity index (χ2v) is 3.63. The van der Waals surface area contributed by atoms with E-state index < -0.39 is 11.2 Å². The van der Waals surface area contributed by atoms with Crippen molar-refractivity contribution in [2.45, 2.75) is 0 Å². The summed E-state index contributed by atoms with van der Waals surface area (Å²) < 4.78 is 5.03. The number of rotatable bonds is 3. The van der Waals surface area contributed by atoms with Gasteiger partial charge in [0.2, 0.25) is 0 Å². The van der Waals surface area contributed by atoms with Gasteiger partial charge in [0.25, 0.3) is 11.5 Å². The zero-order chi connectivity index (χ0) is 13.9. The Morgan fingerprint density at radius 2 is 2.20 bits per heavy atom. The summed E-state index contributed by atoms with van der Waals surface area (Å²) in [5.74, 6) is 0.567. The summed E-state index contributed by atoms with van der Waals surface area (Å²) in [6.07, 6.45) is 2.92. The second-order valence-electron chi connectivity index (χ2n) is 3.63. The van der Waals surface area contributed by atoms with E-state index in [1.54, 1.807) is 12.1 Å². The summed E-state index contributed by atoms with van der Waals surface area (Å²) in [7, 11) is 0. The molecule has 0 saturated heterocycles. The van der Waals surface area contributed by atoms with E-state index in [2.05, 4.69) is 30.7 Å². The van der Waals surface area contributed by atoms with Crippen molar-refractivity contribution in [3.8, 4) is 0 Å². The molecule has 3 aromatic heterocycles. The van der Waals surface area contributed by atoms with Crippen molar-refractivity contribution in [2.75, 3.05) is 5.43 Å². The summed E-state index contributed by atoms with van der Waals surface area (Å²) in [6.45, 7) is 0. The first-order valence-corrected chi connectivity index (χ1v) is 5.42. The summed E-state index contributed by atoms with van der Waals surface area (Å²) in [5, 5.41) is 11.1. The smallest absolute Gasteiger partial charge is 0.327 e. The fraction of sp³-hybridized carbons (Fsp3) is 0. The molecule has 0 bridgehead atoms. The summed E-state index contributed by atoms with van der Waals surface area (Å²) >= 11 is 0. The van der Waals surface area contributed by atoms with Crippen molar-refractivity contribution in [1.82, 2.24) is 25.1 Å².